The molecular formula is C25H23N3O4. The highest BCUT2D eigenvalue weighted by Gasteiger charge is 2.30. The summed E-state index contributed by atoms with van der Waals surface area (Å²) < 4.78 is 18.0. The van der Waals surface area contributed by atoms with Crippen LogP contribution >= 0.6 is 0 Å². The molecule has 1 aliphatic carbocycles. The average Bonchev–Trinajstić information content (AvgIpc) is 3.25. The predicted molar refractivity (Wildman–Crippen MR) is 120 cm³/mol. The van der Waals surface area contributed by atoms with Crippen molar-refractivity contribution >= 4 is 11.4 Å². The lowest BCUT2D eigenvalue weighted by molar-refractivity contribution is 0.0962. The van der Waals surface area contributed by atoms with Gasteiger partial charge in [-0.15, -0.1) is 0 Å². The van der Waals surface area contributed by atoms with Gasteiger partial charge in [-0.05, 0) is 35.7 Å². The zero-order valence-electron chi connectivity index (χ0n) is 18.2. The molecule has 0 bridgehead atoms. The lowest BCUT2D eigenvalue weighted by Crippen LogP contribution is -2.21. The molecule has 0 N–H and O–H groups in total. The van der Waals surface area contributed by atoms with Crippen molar-refractivity contribution in [3.63, 3.8) is 0 Å². The predicted octanol–water partition coefficient (Wildman–Crippen LogP) is 4.33. The Morgan fingerprint density at radius 1 is 0.906 bits per heavy atom. The van der Waals surface area contributed by atoms with E-state index >= 15 is 0 Å². The first-order valence-corrected chi connectivity index (χ1v) is 10.4. The van der Waals surface area contributed by atoms with Gasteiger partial charge < -0.3 is 14.2 Å². The average molecular weight is 429 g/mol. The van der Waals surface area contributed by atoms with Crippen molar-refractivity contribution < 1.29 is 19.0 Å². The summed E-state index contributed by atoms with van der Waals surface area (Å²) in [5, 5.41) is 4.45. The minimum atomic E-state index is 0.0218. The van der Waals surface area contributed by atoms with Gasteiger partial charge in [-0.1, -0.05) is 24.3 Å². The summed E-state index contributed by atoms with van der Waals surface area (Å²) in [6, 6.07) is 13.6. The summed E-state index contributed by atoms with van der Waals surface area (Å²) in [5.74, 6) is 2.18. The molecule has 2 heterocycles. The van der Waals surface area contributed by atoms with Gasteiger partial charge in [-0.2, -0.15) is 5.10 Å². The van der Waals surface area contributed by atoms with Gasteiger partial charge in [0, 0.05) is 24.1 Å². The van der Waals surface area contributed by atoms with Crippen LogP contribution in [0.4, 0.5) is 0 Å². The fourth-order valence-corrected chi connectivity index (χ4v) is 4.41. The molecule has 32 heavy (non-hydrogen) atoms. The summed E-state index contributed by atoms with van der Waals surface area (Å²) in [6.07, 6.45) is 4.64. The van der Waals surface area contributed by atoms with E-state index in [0.717, 1.165) is 28.1 Å². The minimum absolute atomic E-state index is 0.0218. The van der Waals surface area contributed by atoms with Crippen LogP contribution < -0.4 is 14.2 Å². The monoisotopic (exact) mass is 429 g/mol. The molecule has 162 valence electrons. The molecule has 7 heteroatoms. The van der Waals surface area contributed by atoms with Gasteiger partial charge in [-0.3, -0.25) is 4.79 Å². The Morgan fingerprint density at radius 2 is 1.69 bits per heavy atom. The molecule has 1 unspecified atom stereocenters. The highest BCUT2D eigenvalue weighted by atomic mass is 16.5. The fraction of sp³-hybridized carbons (Fsp3) is 0.240. The van der Waals surface area contributed by atoms with E-state index in [2.05, 4.69) is 5.10 Å². The summed E-state index contributed by atoms with van der Waals surface area (Å²) >= 11 is 0. The van der Waals surface area contributed by atoms with E-state index in [1.54, 1.807) is 38.2 Å². The molecule has 0 amide bonds. The maximum atomic E-state index is 13.0. The summed E-state index contributed by atoms with van der Waals surface area (Å²) in [7, 11) is 4.87. The largest absolute Gasteiger partial charge is 0.496 e. The summed E-state index contributed by atoms with van der Waals surface area (Å²) in [4.78, 5) is 17.9. The third kappa shape index (κ3) is 3.26. The maximum Gasteiger partial charge on any atom is 0.166 e. The number of Topliss-reactive ketones (excluding diaryl/α,β-unsaturated/α-hetero) is 1. The molecule has 0 spiro atoms. The van der Waals surface area contributed by atoms with Crippen LogP contribution in [0.1, 0.15) is 34.0 Å². The maximum absolute atomic E-state index is 13.0. The number of hydrogen-bond donors (Lipinski definition) is 0. The highest BCUT2D eigenvalue weighted by molar-refractivity contribution is 5.99. The van der Waals surface area contributed by atoms with Crippen molar-refractivity contribution in [2.24, 2.45) is 0 Å². The van der Waals surface area contributed by atoms with E-state index in [4.69, 9.17) is 19.2 Å². The van der Waals surface area contributed by atoms with Gasteiger partial charge in [0.1, 0.15) is 5.75 Å². The first-order valence-electron chi connectivity index (χ1n) is 10.4. The van der Waals surface area contributed by atoms with Crippen molar-refractivity contribution in [2.75, 3.05) is 21.3 Å². The first-order chi connectivity index (χ1) is 15.6. The molecule has 0 saturated carbocycles. The standard InChI is InChI=1S/C25H23N3O4/c1-30-22-7-5-4-6-17(22)16-10-20-19(21(29)11-16)14-28-25(27-20)18(13-26-28)15-8-9-23(31-2)24(12-15)32-3/h4-9,12-14,16H,10-11H2,1-3H3. The molecule has 2 aromatic heterocycles. The number of methoxy groups -OCH3 is 3. The van der Waals surface area contributed by atoms with Crippen molar-refractivity contribution in [1.29, 1.82) is 0 Å². The van der Waals surface area contributed by atoms with Crippen LogP contribution in [0.3, 0.4) is 0 Å². The Bertz CT molecular complexity index is 1330. The fourth-order valence-electron chi connectivity index (χ4n) is 4.41. The molecule has 2 aromatic carbocycles. The Hall–Kier alpha value is -3.87. The summed E-state index contributed by atoms with van der Waals surface area (Å²) in [6.45, 7) is 0. The van der Waals surface area contributed by atoms with E-state index in [-0.39, 0.29) is 11.7 Å². The zero-order chi connectivity index (χ0) is 22.2. The first kappa shape index (κ1) is 20.1. The Kier molecular flexibility index (Phi) is 5.01. The van der Waals surface area contributed by atoms with Crippen LogP contribution in [0.2, 0.25) is 0 Å². The molecule has 0 aliphatic heterocycles. The lowest BCUT2D eigenvalue weighted by Gasteiger charge is -2.24. The van der Waals surface area contributed by atoms with E-state index in [9.17, 15) is 4.79 Å². The third-order valence-electron chi connectivity index (χ3n) is 6.02. The van der Waals surface area contributed by atoms with E-state index in [0.29, 0.717) is 35.6 Å². The van der Waals surface area contributed by atoms with Crippen molar-refractivity contribution in [1.82, 2.24) is 14.6 Å². The van der Waals surface area contributed by atoms with Crippen LogP contribution in [0.15, 0.2) is 54.9 Å². The number of ether oxygens (including phenoxy) is 3. The Morgan fingerprint density at radius 3 is 2.47 bits per heavy atom. The van der Waals surface area contributed by atoms with Crippen LogP contribution in [0, 0.1) is 0 Å². The van der Waals surface area contributed by atoms with E-state index < -0.39 is 0 Å². The number of fused-ring (bicyclic) bond motifs is 2. The van der Waals surface area contributed by atoms with Crippen LogP contribution in [-0.2, 0) is 6.42 Å². The number of nitrogens with zero attached hydrogens (tertiary/aromatic N) is 3. The normalized spacial score (nSPS) is 15.5. The molecule has 7 nitrogen and oxygen atoms in total. The third-order valence-corrected chi connectivity index (χ3v) is 6.02. The summed E-state index contributed by atoms with van der Waals surface area (Å²) in [5.41, 5.74) is 4.92. The molecule has 0 saturated heterocycles. The second-order valence-corrected chi connectivity index (χ2v) is 7.77. The van der Waals surface area contributed by atoms with Gasteiger partial charge in [-0.25, -0.2) is 9.50 Å². The topological polar surface area (TPSA) is 75.0 Å². The molecule has 0 radical (unpaired) electrons. The number of benzene rings is 2. The van der Waals surface area contributed by atoms with Crippen LogP contribution in [0.5, 0.6) is 17.2 Å². The van der Waals surface area contributed by atoms with Crippen LogP contribution in [-0.4, -0.2) is 41.7 Å². The molecule has 0 fully saturated rings. The Labute approximate surface area is 185 Å². The Balaban J connectivity index is 1.58. The minimum Gasteiger partial charge on any atom is -0.496 e. The molecule has 1 aliphatic rings. The second kappa shape index (κ2) is 8.00. The van der Waals surface area contributed by atoms with Gasteiger partial charge in [0.25, 0.3) is 0 Å². The van der Waals surface area contributed by atoms with Crippen molar-refractivity contribution in [3.8, 4) is 28.4 Å². The van der Waals surface area contributed by atoms with Gasteiger partial charge >= 0.3 is 0 Å². The van der Waals surface area contributed by atoms with E-state index in [1.807, 2.05) is 42.5 Å². The van der Waals surface area contributed by atoms with Gasteiger partial charge in [0.05, 0.1) is 38.8 Å². The number of carbonyl (C=O) groups is 1. The number of aromatic nitrogens is 3. The van der Waals surface area contributed by atoms with Gasteiger partial charge in [0.2, 0.25) is 0 Å². The van der Waals surface area contributed by atoms with Gasteiger partial charge in [0.15, 0.2) is 22.9 Å². The SMILES string of the molecule is COc1ccc(-c2cnn3cc4c(nc23)CC(c2ccccc2OC)CC4=O)cc1OC. The number of para-hydroxylation sites is 1. The van der Waals surface area contributed by atoms with Crippen molar-refractivity contribution in [2.45, 2.75) is 18.8 Å². The zero-order valence-corrected chi connectivity index (χ0v) is 18.2. The van der Waals surface area contributed by atoms with E-state index in [1.165, 1.54) is 0 Å². The molecule has 5 rings (SSSR count). The molecular weight excluding hydrogens is 406 g/mol. The lowest BCUT2D eigenvalue weighted by atomic mass is 9.82. The van der Waals surface area contributed by atoms with Crippen molar-refractivity contribution in [3.05, 3.63) is 71.7 Å². The second-order valence-electron chi connectivity index (χ2n) is 7.77. The quantitative estimate of drug-likeness (QED) is 0.470. The number of hydrogen-bond acceptors (Lipinski definition) is 6. The smallest absolute Gasteiger partial charge is 0.166 e. The number of carbonyl (C=O) groups excluding carboxylic acids is 1. The number of rotatable bonds is 5. The highest BCUT2D eigenvalue weighted by Crippen LogP contribution is 2.38. The molecule has 1 atom stereocenters. The molecule has 4 aromatic rings. The van der Waals surface area contributed by atoms with Crippen LogP contribution in [0.25, 0.3) is 16.8 Å². The number of ketones is 1.